The number of hydrogen-bond donors (Lipinski definition) is 1. The summed E-state index contributed by atoms with van der Waals surface area (Å²) in [5, 5.41) is 12.5. The highest BCUT2D eigenvalue weighted by atomic mass is 35.5. The summed E-state index contributed by atoms with van der Waals surface area (Å²) < 4.78 is 9.14. The van der Waals surface area contributed by atoms with Gasteiger partial charge in [0.1, 0.15) is 24.2 Å². The van der Waals surface area contributed by atoms with E-state index in [1.807, 2.05) is 22.8 Å². The van der Waals surface area contributed by atoms with E-state index < -0.39 is 0 Å². The monoisotopic (exact) mass is 502 g/mol. The minimum Gasteiger partial charge on any atom is -0.490 e. The molecule has 3 heterocycles. The van der Waals surface area contributed by atoms with Crippen LogP contribution in [-0.4, -0.2) is 38.2 Å². The van der Waals surface area contributed by atoms with E-state index in [1.165, 1.54) is 23.8 Å². The lowest BCUT2D eigenvalue weighted by Gasteiger charge is -2.12. The summed E-state index contributed by atoms with van der Waals surface area (Å²) in [6.45, 7) is 2.59. The van der Waals surface area contributed by atoms with Gasteiger partial charge in [-0.05, 0) is 35.4 Å². The highest BCUT2D eigenvalue weighted by Gasteiger charge is 2.10. The minimum atomic E-state index is -0.210. The van der Waals surface area contributed by atoms with Gasteiger partial charge in [0, 0.05) is 50.2 Å². The summed E-state index contributed by atoms with van der Waals surface area (Å²) in [4.78, 5) is 31.9. The molecule has 0 radical (unpaired) electrons. The molecule has 1 amide bonds. The number of ether oxygens (including phenoxy) is 1. The molecule has 10 heteroatoms. The van der Waals surface area contributed by atoms with Crippen molar-refractivity contribution < 1.29 is 9.53 Å². The van der Waals surface area contributed by atoms with Crippen LogP contribution in [0.15, 0.2) is 72.2 Å². The Morgan fingerprint density at radius 3 is 2.75 bits per heavy atom. The van der Waals surface area contributed by atoms with E-state index in [0.717, 1.165) is 16.8 Å². The van der Waals surface area contributed by atoms with Crippen LogP contribution in [0.25, 0.3) is 5.82 Å². The predicted molar refractivity (Wildman–Crippen MR) is 134 cm³/mol. The summed E-state index contributed by atoms with van der Waals surface area (Å²) in [5.74, 6) is 0.824. The van der Waals surface area contributed by atoms with Gasteiger partial charge in [-0.25, -0.2) is 9.97 Å². The molecule has 0 spiro atoms. The van der Waals surface area contributed by atoms with Crippen LogP contribution in [0.3, 0.4) is 0 Å². The Morgan fingerprint density at radius 2 is 2.00 bits per heavy atom. The lowest BCUT2D eigenvalue weighted by Crippen LogP contribution is -2.25. The van der Waals surface area contributed by atoms with E-state index in [1.54, 1.807) is 36.9 Å². The number of hydrogen-bond acceptors (Lipinski definition) is 6. The number of imidazole rings is 1. The number of pyridine rings is 2. The maximum absolute atomic E-state index is 12.1. The zero-order valence-corrected chi connectivity index (χ0v) is 20.3. The number of carbonyl (C=O) groups excluding carboxylic acids is 1. The Morgan fingerprint density at radius 1 is 1.17 bits per heavy atom. The first-order valence-corrected chi connectivity index (χ1v) is 11.5. The molecule has 1 aromatic carbocycles. The Kier molecular flexibility index (Phi) is 7.78. The third-order valence-corrected chi connectivity index (χ3v) is 5.59. The number of rotatable bonds is 9. The number of nitriles is 1. The SMILES string of the molecule is CC(=O)NCCOc1cc(Cn2cncc2Cc2ccc(-n3cc(Cl)ccc3=O)nc2)ccc1C#N. The molecule has 36 heavy (non-hydrogen) atoms. The molecule has 1 N–H and O–H groups in total. The second-order valence-electron chi connectivity index (χ2n) is 8.04. The number of halogens is 1. The van der Waals surface area contributed by atoms with Crippen molar-refractivity contribution in [1.82, 2.24) is 24.4 Å². The van der Waals surface area contributed by atoms with Gasteiger partial charge in [0.15, 0.2) is 0 Å². The summed E-state index contributed by atoms with van der Waals surface area (Å²) in [5.41, 5.74) is 3.09. The molecule has 0 aliphatic heterocycles. The Hall–Kier alpha value is -4.42. The smallest absolute Gasteiger partial charge is 0.256 e. The molecule has 9 nitrogen and oxygen atoms in total. The highest BCUT2D eigenvalue weighted by molar-refractivity contribution is 6.30. The molecule has 0 saturated heterocycles. The van der Waals surface area contributed by atoms with Gasteiger partial charge in [0.05, 0.1) is 23.5 Å². The van der Waals surface area contributed by atoms with Gasteiger partial charge in [0.25, 0.3) is 5.56 Å². The average Bonchev–Trinajstić information content (AvgIpc) is 3.30. The van der Waals surface area contributed by atoms with Gasteiger partial charge in [-0.1, -0.05) is 23.7 Å². The maximum Gasteiger partial charge on any atom is 0.256 e. The standard InChI is InChI=1S/C26H23ClN6O3/c1-18(34)30-8-9-36-24-11-20(2-4-21(24)12-28)15-32-17-29-14-23(32)10-19-3-6-25(31-13-19)33-16-22(27)5-7-26(33)35/h2-7,11,13-14,16-17H,8-10,15H2,1H3,(H,30,34). The Labute approximate surface area is 212 Å². The summed E-state index contributed by atoms with van der Waals surface area (Å²) in [6, 6.07) is 14.2. The number of benzene rings is 1. The second-order valence-corrected chi connectivity index (χ2v) is 8.48. The van der Waals surface area contributed by atoms with Crippen molar-refractivity contribution in [3.63, 3.8) is 0 Å². The van der Waals surface area contributed by atoms with E-state index in [0.29, 0.717) is 41.7 Å². The molecular weight excluding hydrogens is 480 g/mol. The molecule has 0 unspecified atom stereocenters. The summed E-state index contributed by atoms with van der Waals surface area (Å²) >= 11 is 6.01. The zero-order chi connectivity index (χ0) is 25.5. The van der Waals surface area contributed by atoms with Crippen molar-refractivity contribution in [2.24, 2.45) is 0 Å². The number of amides is 1. The quantitative estimate of drug-likeness (QED) is 0.352. The molecule has 3 aromatic heterocycles. The number of nitrogens with one attached hydrogen (secondary N) is 1. The average molecular weight is 503 g/mol. The van der Waals surface area contributed by atoms with Crippen molar-refractivity contribution in [2.75, 3.05) is 13.2 Å². The van der Waals surface area contributed by atoms with Crippen molar-refractivity contribution in [1.29, 1.82) is 5.26 Å². The molecule has 0 atom stereocenters. The fraction of sp³-hybridized carbons (Fsp3) is 0.192. The first-order chi connectivity index (χ1) is 17.4. The fourth-order valence-electron chi connectivity index (χ4n) is 3.61. The van der Waals surface area contributed by atoms with Crippen LogP contribution in [0.5, 0.6) is 5.75 Å². The van der Waals surface area contributed by atoms with Gasteiger partial charge < -0.3 is 14.6 Å². The van der Waals surface area contributed by atoms with Crippen LogP contribution >= 0.6 is 11.6 Å². The summed E-state index contributed by atoms with van der Waals surface area (Å²) in [6.07, 6.45) is 7.40. The van der Waals surface area contributed by atoms with Crippen molar-refractivity contribution >= 4 is 17.5 Å². The number of carbonyl (C=O) groups is 1. The largest absolute Gasteiger partial charge is 0.490 e. The van der Waals surface area contributed by atoms with Crippen LogP contribution in [0.2, 0.25) is 5.02 Å². The molecule has 0 aliphatic rings. The van der Waals surface area contributed by atoms with Gasteiger partial charge in [0.2, 0.25) is 5.91 Å². The van der Waals surface area contributed by atoms with Crippen molar-refractivity contribution in [2.45, 2.75) is 19.9 Å². The number of nitrogens with zero attached hydrogens (tertiary/aromatic N) is 5. The van der Waals surface area contributed by atoms with Gasteiger partial charge in [-0.2, -0.15) is 5.26 Å². The van der Waals surface area contributed by atoms with Crippen LogP contribution in [0.4, 0.5) is 0 Å². The zero-order valence-electron chi connectivity index (χ0n) is 19.5. The van der Waals surface area contributed by atoms with Crippen molar-refractivity contribution in [3.05, 3.63) is 105 Å². The van der Waals surface area contributed by atoms with Gasteiger partial charge >= 0.3 is 0 Å². The van der Waals surface area contributed by atoms with Crippen LogP contribution in [0, 0.1) is 11.3 Å². The van der Waals surface area contributed by atoms with Crippen LogP contribution in [-0.2, 0) is 17.8 Å². The first kappa shape index (κ1) is 24.7. The topological polar surface area (TPSA) is 115 Å². The molecule has 4 aromatic rings. The van der Waals surface area contributed by atoms with E-state index >= 15 is 0 Å². The minimum absolute atomic E-state index is 0.135. The Balaban J connectivity index is 1.46. The van der Waals surface area contributed by atoms with E-state index in [-0.39, 0.29) is 18.1 Å². The lowest BCUT2D eigenvalue weighted by atomic mass is 10.1. The number of aromatic nitrogens is 4. The van der Waals surface area contributed by atoms with E-state index in [9.17, 15) is 14.9 Å². The third-order valence-electron chi connectivity index (χ3n) is 5.37. The summed E-state index contributed by atoms with van der Waals surface area (Å²) in [7, 11) is 0. The molecule has 0 fully saturated rings. The molecule has 0 bridgehead atoms. The normalized spacial score (nSPS) is 10.6. The first-order valence-electron chi connectivity index (χ1n) is 11.2. The van der Waals surface area contributed by atoms with E-state index in [2.05, 4.69) is 21.4 Å². The molecular formula is C26H23ClN6O3. The molecule has 0 saturated carbocycles. The van der Waals surface area contributed by atoms with Crippen LogP contribution in [0.1, 0.15) is 29.3 Å². The van der Waals surface area contributed by atoms with E-state index in [4.69, 9.17) is 16.3 Å². The predicted octanol–water partition coefficient (Wildman–Crippen LogP) is 3.11. The lowest BCUT2D eigenvalue weighted by molar-refractivity contribution is -0.119. The van der Waals surface area contributed by atoms with Gasteiger partial charge in [-0.15, -0.1) is 0 Å². The molecule has 0 aliphatic carbocycles. The maximum atomic E-state index is 12.1. The molecule has 4 rings (SSSR count). The second kappa shape index (κ2) is 11.3. The highest BCUT2D eigenvalue weighted by Crippen LogP contribution is 2.21. The fourth-order valence-corrected chi connectivity index (χ4v) is 3.77. The van der Waals surface area contributed by atoms with Gasteiger partial charge in [-0.3, -0.25) is 14.2 Å². The molecule has 182 valence electrons. The Bertz CT molecular complexity index is 1470. The van der Waals surface area contributed by atoms with Crippen LogP contribution < -0.4 is 15.6 Å². The third kappa shape index (κ3) is 6.17. The van der Waals surface area contributed by atoms with Crippen molar-refractivity contribution in [3.8, 4) is 17.6 Å².